The Bertz CT molecular complexity index is 696. The third kappa shape index (κ3) is 4.96. The summed E-state index contributed by atoms with van der Waals surface area (Å²) in [5, 5.41) is 38.2. The Morgan fingerprint density at radius 1 is 1.04 bits per heavy atom. The van der Waals surface area contributed by atoms with E-state index in [1.165, 1.54) is 19.2 Å². The molecule has 6 heteroatoms. The van der Waals surface area contributed by atoms with Gasteiger partial charge in [-0.05, 0) is 35.4 Å². The van der Waals surface area contributed by atoms with Crippen molar-refractivity contribution >= 4 is 6.08 Å². The van der Waals surface area contributed by atoms with Crippen LogP contribution >= 0.6 is 0 Å². The molecule has 0 bridgehead atoms. The van der Waals surface area contributed by atoms with Crippen molar-refractivity contribution in [2.24, 2.45) is 0 Å². The Morgan fingerprint density at radius 3 is 2.36 bits per heavy atom. The number of phenols is 1. The van der Waals surface area contributed by atoms with Crippen molar-refractivity contribution in [3.63, 3.8) is 0 Å². The van der Waals surface area contributed by atoms with Crippen LogP contribution in [0.2, 0.25) is 0 Å². The van der Waals surface area contributed by atoms with Crippen molar-refractivity contribution in [1.82, 2.24) is 0 Å². The average molecular weight is 346 g/mol. The highest BCUT2D eigenvalue weighted by atomic mass is 16.5. The SMILES string of the molecule is COc1cc(/C=C/CO)ccc1O[C@H](CO)[C@@H](O)c1ccc(O)cc1. The molecular weight excluding hydrogens is 324 g/mol. The Hall–Kier alpha value is -2.54. The zero-order chi connectivity index (χ0) is 18.2. The maximum absolute atomic E-state index is 10.4. The monoisotopic (exact) mass is 346 g/mol. The summed E-state index contributed by atoms with van der Waals surface area (Å²) in [5.41, 5.74) is 1.33. The molecule has 0 aliphatic rings. The van der Waals surface area contributed by atoms with Crippen LogP contribution in [0.15, 0.2) is 48.5 Å². The maximum atomic E-state index is 10.4. The first-order valence-corrected chi connectivity index (χ1v) is 7.79. The summed E-state index contributed by atoms with van der Waals surface area (Å²) in [5.74, 6) is 0.905. The summed E-state index contributed by atoms with van der Waals surface area (Å²) in [6, 6.07) is 11.2. The van der Waals surface area contributed by atoms with E-state index in [-0.39, 0.29) is 12.4 Å². The number of hydrogen-bond donors (Lipinski definition) is 4. The second kappa shape index (κ2) is 9.08. The second-order valence-corrected chi connectivity index (χ2v) is 5.37. The highest BCUT2D eigenvalue weighted by Crippen LogP contribution is 2.32. The summed E-state index contributed by atoms with van der Waals surface area (Å²) in [6.07, 6.45) is 1.35. The number of hydrogen-bond acceptors (Lipinski definition) is 6. The Balaban J connectivity index is 2.20. The Labute approximate surface area is 146 Å². The van der Waals surface area contributed by atoms with Crippen molar-refractivity contribution in [3.8, 4) is 17.2 Å². The number of aromatic hydroxyl groups is 1. The second-order valence-electron chi connectivity index (χ2n) is 5.37. The molecule has 0 saturated carbocycles. The zero-order valence-corrected chi connectivity index (χ0v) is 13.9. The summed E-state index contributed by atoms with van der Waals surface area (Å²) in [4.78, 5) is 0. The number of methoxy groups -OCH3 is 1. The predicted octanol–water partition coefficient (Wildman–Crippen LogP) is 1.88. The molecule has 0 aliphatic carbocycles. The normalized spacial score (nSPS) is 13.6. The summed E-state index contributed by atoms with van der Waals surface area (Å²) < 4.78 is 11.0. The van der Waals surface area contributed by atoms with Gasteiger partial charge in [0.15, 0.2) is 17.6 Å². The van der Waals surface area contributed by atoms with Gasteiger partial charge in [0.05, 0.1) is 20.3 Å². The minimum absolute atomic E-state index is 0.0635. The number of rotatable bonds is 8. The third-order valence-corrected chi connectivity index (χ3v) is 3.65. The van der Waals surface area contributed by atoms with Gasteiger partial charge < -0.3 is 29.9 Å². The van der Waals surface area contributed by atoms with E-state index in [1.807, 2.05) is 0 Å². The van der Waals surface area contributed by atoms with Gasteiger partial charge in [-0.2, -0.15) is 0 Å². The van der Waals surface area contributed by atoms with Gasteiger partial charge in [0.25, 0.3) is 0 Å². The lowest BCUT2D eigenvalue weighted by molar-refractivity contribution is -0.000423. The number of benzene rings is 2. The van der Waals surface area contributed by atoms with Crippen molar-refractivity contribution in [2.75, 3.05) is 20.3 Å². The van der Waals surface area contributed by atoms with E-state index in [2.05, 4.69) is 0 Å². The molecule has 0 aliphatic heterocycles. The van der Waals surface area contributed by atoms with Crippen LogP contribution in [-0.2, 0) is 0 Å². The lowest BCUT2D eigenvalue weighted by atomic mass is 10.0. The molecule has 0 saturated heterocycles. The fourth-order valence-electron chi connectivity index (χ4n) is 2.32. The van der Waals surface area contributed by atoms with Crippen LogP contribution in [0.3, 0.4) is 0 Å². The number of aliphatic hydroxyl groups is 3. The highest BCUT2D eigenvalue weighted by Gasteiger charge is 2.23. The summed E-state index contributed by atoms with van der Waals surface area (Å²) in [7, 11) is 1.49. The van der Waals surface area contributed by atoms with Gasteiger partial charge in [0.1, 0.15) is 11.9 Å². The molecule has 0 radical (unpaired) electrons. The predicted molar refractivity (Wildman–Crippen MR) is 93.7 cm³/mol. The fourth-order valence-corrected chi connectivity index (χ4v) is 2.32. The topological polar surface area (TPSA) is 99.4 Å². The van der Waals surface area contributed by atoms with Gasteiger partial charge in [-0.3, -0.25) is 0 Å². The first-order valence-electron chi connectivity index (χ1n) is 7.79. The van der Waals surface area contributed by atoms with Crippen molar-refractivity contribution in [3.05, 3.63) is 59.7 Å². The van der Waals surface area contributed by atoms with Crippen LogP contribution in [0.4, 0.5) is 0 Å². The molecule has 25 heavy (non-hydrogen) atoms. The zero-order valence-electron chi connectivity index (χ0n) is 13.9. The first-order chi connectivity index (χ1) is 12.1. The minimum Gasteiger partial charge on any atom is -0.508 e. The molecule has 4 N–H and O–H groups in total. The van der Waals surface area contributed by atoms with E-state index >= 15 is 0 Å². The lowest BCUT2D eigenvalue weighted by Crippen LogP contribution is -2.29. The molecule has 2 aromatic rings. The molecular formula is C19H22O6. The molecule has 2 atom stereocenters. The quantitative estimate of drug-likeness (QED) is 0.582. The van der Waals surface area contributed by atoms with Crippen LogP contribution in [0.5, 0.6) is 17.2 Å². The van der Waals surface area contributed by atoms with Gasteiger partial charge in [0.2, 0.25) is 0 Å². The van der Waals surface area contributed by atoms with E-state index in [1.54, 1.807) is 42.5 Å². The van der Waals surface area contributed by atoms with Gasteiger partial charge >= 0.3 is 0 Å². The van der Waals surface area contributed by atoms with Crippen molar-refractivity contribution in [2.45, 2.75) is 12.2 Å². The van der Waals surface area contributed by atoms with Gasteiger partial charge in [-0.1, -0.05) is 30.4 Å². The maximum Gasteiger partial charge on any atom is 0.161 e. The molecule has 0 heterocycles. The molecule has 0 amide bonds. The fraction of sp³-hybridized carbons (Fsp3) is 0.263. The van der Waals surface area contributed by atoms with E-state index in [0.717, 1.165) is 5.56 Å². The number of phenolic OH excluding ortho intramolecular Hbond substituents is 1. The van der Waals surface area contributed by atoms with E-state index < -0.39 is 18.8 Å². The van der Waals surface area contributed by atoms with E-state index in [4.69, 9.17) is 14.6 Å². The number of ether oxygens (including phenoxy) is 2. The van der Waals surface area contributed by atoms with Gasteiger partial charge in [0, 0.05) is 0 Å². The number of aliphatic hydroxyl groups excluding tert-OH is 3. The first kappa shape index (κ1) is 18.8. The average Bonchev–Trinajstić information content (AvgIpc) is 2.64. The van der Waals surface area contributed by atoms with Crippen LogP contribution in [0.1, 0.15) is 17.2 Å². The minimum atomic E-state index is -1.08. The molecule has 0 unspecified atom stereocenters. The van der Waals surface area contributed by atoms with Gasteiger partial charge in [-0.15, -0.1) is 0 Å². The van der Waals surface area contributed by atoms with E-state index in [9.17, 15) is 15.3 Å². The molecule has 0 spiro atoms. The molecule has 134 valence electrons. The highest BCUT2D eigenvalue weighted by molar-refractivity contribution is 5.56. The molecule has 0 aromatic heterocycles. The Kier molecular flexibility index (Phi) is 6.82. The Morgan fingerprint density at radius 2 is 1.76 bits per heavy atom. The molecule has 2 aromatic carbocycles. The third-order valence-electron chi connectivity index (χ3n) is 3.65. The van der Waals surface area contributed by atoms with Crippen LogP contribution < -0.4 is 9.47 Å². The standard InChI is InChI=1S/C19H22O6/c1-24-17-11-13(3-2-10-20)4-9-16(17)25-18(12-21)19(23)14-5-7-15(22)8-6-14/h2-9,11,18-23H,10,12H2,1H3/b3-2+/t18-,19+/m1/s1. The van der Waals surface area contributed by atoms with Crippen molar-refractivity contribution < 1.29 is 29.9 Å². The summed E-state index contributed by atoms with van der Waals surface area (Å²) >= 11 is 0. The lowest BCUT2D eigenvalue weighted by Gasteiger charge is -2.24. The summed E-state index contributed by atoms with van der Waals surface area (Å²) in [6.45, 7) is -0.469. The smallest absolute Gasteiger partial charge is 0.161 e. The molecule has 2 rings (SSSR count). The largest absolute Gasteiger partial charge is 0.508 e. The van der Waals surface area contributed by atoms with Gasteiger partial charge in [-0.25, -0.2) is 0 Å². The van der Waals surface area contributed by atoms with E-state index in [0.29, 0.717) is 17.1 Å². The molecule has 6 nitrogen and oxygen atoms in total. The van der Waals surface area contributed by atoms with Crippen molar-refractivity contribution in [1.29, 1.82) is 0 Å². The van der Waals surface area contributed by atoms with Crippen LogP contribution in [-0.4, -0.2) is 46.9 Å². The molecule has 0 fully saturated rings. The van der Waals surface area contributed by atoms with Crippen LogP contribution in [0.25, 0.3) is 6.08 Å². The van der Waals surface area contributed by atoms with Crippen LogP contribution in [0, 0.1) is 0 Å².